The summed E-state index contributed by atoms with van der Waals surface area (Å²) >= 11 is 0. The van der Waals surface area contributed by atoms with Crippen molar-refractivity contribution in [2.45, 2.75) is 64.5 Å². The quantitative estimate of drug-likeness (QED) is 0.855. The highest BCUT2D eigenvalue weighted by Gasteiger charge is 2.16. The summed E-state index contributed by atoms with van der Waals surface area (Å²) in [6.45, 7) is 5.92. The van der Waals surface area contributed by atoms with Gasteiger partial charge in [0.15, 0.2) is 0 Å². The largest absolute Gasteiger partial charge is 0.367 e. The predicted molar refractivity (Wildman–Crippen MR) is 105 cm³/mol. The number of aromatic nitrogens is 2. The number of carbonyl (C=O) groups excluding carboxylic acids is 1. The molecule has 2 aromatic rings. The van der Waals surface area contributed by atoms with E-state index in [2.05, 4.69) is 20.6 Å². The lowest BCUT2D eigenvalue weighted by atomic mass is 9.95. The standard InChI is InChI=1S/C21H28N4O/c1-21(2,3)25-20(26)16-11-9-15(10-12-16)18-13-19(23-14-22-18)24-17-7-5-4-6-8-17/h9-14,17H,4-8H2,1-3H3,(H,25,26)(H,22,23,24). The second kappa shape index (κ2) is 7.85. The highest BCUT2D eigenvalue weighted by molar-refractivity contribution is 5.95. The third kappa shape index (κ3) is 5.04. The van der Waals surface area contributed by atoms with Gasteiger partial charge in [0, 0.05) is 28.8 Å². The monoisotopic (exact) mass is 352 g/mol. The number of hydrogen-bond donors (Lipinski definition) is 2. The number of amides is 1. The van der Waals surface area contributed by atoms with Gasteiger partial charge in [0.05, 0.1) is 5.69 Å². The van der Waals surface area contributed by atoms with Gasteiger partial charge < -0.3 is 10.6 Å². The van der Waals surface area contributed by atoms with Gasteiger partial charge in [-0.25, -0.2) is 9.97 Å². The molecule has 0 spiro atoms. The van der Waals surface area contributed by atoms with Gasteiger partial charge >= 0.3 is 0 Å². The molecule has 1 heterocycles. The molecule has 5 nitrogen and oxygen atoms in total. The first-order valence-electron chi connectivity index (χ1n) is 9.42. The molecule has 1 aromatic heterocycles. The van der Waals surface area contributed by atoms with Crippen LogP contribution in [0.2, 0.25) is 0 Å². The van der Waals surface area contributed by atoms with Crippen molar-refractivity contribution in [3.63, 3.8) is 0 Å². The minimum Gasteiger partial charge on any atom is -0.367 e. The molecule has 0 saturated heterocycles. The van der Waals surface area contributed by atoms with Crippen LogP contribution in [0.15, 0.2) is 36.7 Å². The fourth-order valence-electron chi connectivity index (χ4n) is 3.26. The molecular weight excluding hydrogens is 324 g/mol. The second-order valence-electron chi connectivity index (χ2n) is 8.05. The Morgan fingerprint density at radius 3 is 2.38 bits per heavy atom. The van der Waals surface area contributed by atoms with Crippen molar-refractivity contribution in [2.75, 3.05) is 5.32 Å². The Morgan fingerprint density at radius 2 is 1.73 bits per heavy atom. The molecule has 0 atom stereocenters. The van der Waals surface area contributed by atoms with Gasteiger partial charge in [-0.1, -0.05) is 31.4 Å². The zero-order valence-electron chi connectivity index (χ0n) is 15.9. The van der Waals surface area contributed by atoms with Gasteiger partial charge in [-0.2, -0.15) is 0 Å². The number of nitrogens with zero attached hydrogens (tertiary/aromatic N) is 2. The van der Waals surface area contributed by atoms with Gasteiger partial charge in [-0.15, -0.1) is 0 Å². The van der Waals surface area contributed by atoms with Crippen LogP contribution in [0.25, 0.3) is 11.3 Å². The number of carbonyl (C=O) groups is 1. The maximum atomic E-state index is 12.2. The summed E-state index contributed by atoms with van der Waals surface area (Å²) in [7, 11) is 0. The van der Waals surface area contributed by atoms with Gasteiger partial charge in [0.25, 0.3) is 5.91 Å². The second-order valence-corrected chi connectivity index (χ2v) is 8.05. The minimum absolute atomic E-state index is 0.0635. The van der Waals surface area contributed by atoms with Crippen molar-refractivity contribution in [1.82, 2.24) is 15.3 Å². The molecule has 2 N–H and O–H groups in total. The maximum Gasteiger partial charge on any atom is 0.251 e. The Morgan fingerprint density at radius 1 is 1.04 bits per heavy atom. The van der Waals surface area contributed by atoms with Crippen LogP contribution >= 0.6 is 0 Å². The molecule has 138 valence electrons. The van der Waals surface area contributed by atoms with E-state index in [0.717, 1.165) is 17.1 Å². The Hall–Kier alpha value is -2.43. The summed E-state index contributed by atoms with van der Waals surface area (Å²) < 4.78 is 0. The molecule has 5 heteroatoms. The minimum atomic E-state index is -0.248. The van der Waals surface area contributed by atoms with Crippen molar-refractivity contribution in [1.29, 1.82) is 0 Å². The fraction of sp³-hybridized carbons (Fsp3) is 0.476. The molecule has 1 aliphatic rings. The lowest BCUT2D eigenvalue weighted by molar-refractivity contribution is 0.0919. The molecule has 1 saturated carbocycles. The molecule has 3 rings (SSSR count). The molecular formula is C21H28N4O. The smallest absolute Gasteiger partial charge is 0.251 e. The average molecular weight is 352 g/mol. The van der Waals surface area contributed by atoms with Crippen molar-refractivity contribution in [3.8, 4) is 11.3 Å². The van der Waals surface area contributed by atoms with Crippen LogP contribution in [0.4, 0.5) is 5.82 Å². The Labute approximate surface area is 155 Å². The van der Waals surface area contributed by atoms with Crippen molar-refractivity contribution in [2.24, 2.45) is 0 Å². The predicted octanol–water partition coefficient (Wildman–Crippen LogP) is 4.42. The third-order valence-corrected chi connectivity index (χ3v) is 4.56. The lowest BCUT2D eigenvalue weighted by Crippen LogP contribution is -2.40. The van der Waals surface area contributed by atoms with Crippen LogP contribution in [-0.2, 0) is 0 Å². The molecule has 1 aliphatic carbocycles. The van der Waals surface area contributed by atoms with E-state index in [9.17, 15) is 4.79 Å². The van der Waals surface area contributed by atoms with E-state index in [1.807, 2.05) is 51.1 Å². The highest BCUT2D eigenvalue weighted by atomic mass is 16.1. The van der Waals surface area contributed by atoms with Crippen LogP contribution in [0.3, 0.4) is 0 Å². The Bertz CT molecular complexity index is 743. The molecule has 1 aromatic carbocycles. The van der Waals surface area contributed by atoms with E-state index in [-0.39, 0.29) is 11.4 Å². The number of benzene rings is 1. The summed E-state index contributed by atoms with van der Waals surface area (Å²) in [5, 5.41) is 6.51. The number of rotatable bonds is 4. The zero-order valence-corrected chi connectivity index (χ0v) is 15.9. The van der Waals surface area contributed by atoms with Crippen molar-refractivity contribution < 1.29 is 4.79 Å². The van der Waals surface area contributed by atoms with Gasteiger partial charge in [0.1, 0.15) is 12.1 Å². The Balaban J connectivity index is 1.70. The van der Waals surface area contributed by atoms with Crippen LogP contribution in [-0.4, -0.2) is 27.5 Å². The molecule has 0 bridgehead atoms. The first kappa shape index (κ1) is 18.4. The van der Waals surface area contributed by atoms with Gasteiger partial charge in [0.2, 0.25) is 0 Å². The van der Waals surface area contributed by atoms with Crippen LogP contribution in [0.5, 0.6) is 0 Å². The topological polar surface area (TPSA) is 66.9 Å². The van der Waals surface area contributed by atoms with E-state index in [4.69, 9.17) is 0 Å². The maximum absolute atomic E-state index is 12.2. The zero-order chi connectivity index (χ0) is 18.6. The van der Waals surface area contributed by atoms with Gasteiger partial charge in [-0.3, -0.25) is 4.79 Å². The molecule has 0 unspecified atom stereocenters. The lowest BCUT2D eigenvalue weighted by Gasteiger charge is -2.23. The van der Waals surface area contributed by atoms with Gasteiger partial charge in [-0.05, 0) is 45.7 Å². The van der Waals surface area contributed by atoms with E-state index >= 15 is 0 Å². The normalized spacial score (nSPS) is 15.5. The van der Waals surface area contributed by atoms with Crippen LogP contribution in [0.1, 0.15) is 63.2 Å². The van der Waals surface area contributed by atoms with Crippen LogP contribution in [0, 0.1) is 0 Å². The SMILES string of the molecule is CC(C)(C)NC(=O)c1ccc(-c2cc(NC3CCCCC3)ncn2)cc1. The Kier molecular flexibility index (Phi) is 5.55. The summed E-state index contributed by atoms with van der Waals surface area (Å²) in [6, 6.07) is 10.0. The van der Waals surface area contributed by atoms with Crippen molar-refractivity contribution >= 4 is 11.7 Å². The number of hydrogen-bond acceptors (Lipinski definition) is 4. The van der Waals surface area contributed by atoms with E-state index < -0.39 is 0 Å². The number of anilines is 1. The highest BCUT2D eigenvalue weighted by Crippen LogP contribution is 2.23. The molecule has 1 fully saturated rings. The molecule has 0 aliphatic heterocycles. The summed E-state index contributed by atoms with van der Waals surface area (Å²) in [5.74, 6) is 0.808. The van der Waals surface area contributed by atoms with E-state index in [1.54, 1.807) is 6.33 Å². The average Bonchev–Trinajstić information content (AvgIpc) is 2.61. The van der Waals surface area contributed by atoms with E-state index in [0.29, 0.717) is 11.6 Å². The molecule has 1 amide bonds. The molecule has 0 radical (unpaired) electrons. The summed E-state index contributed by atoms with van der Waals surface area (Å²) in [5.41, 5.74) is 2.24. The molecule has 26 heavy (non-hydrogen) atoms. The first-order chi connectivity index (χ1) is 12.4. The van der Waals surface area contributed by atoms with E-state index in [1.165, 1.54) is 32.1 Å². The first-order valence-corrected chi connectivity index (χ1v) is 9.42. The van der Waals surface area contributed by atoms with Crippen LogP contribution < -0.4 is 10.6 Å². The summed E-state index contributed by atoms with van der Waals surface area (Å²) in [4.78, 5) is 21.0. The van der Waals surface area contributed by atoms with Crippen molar-refractivity contribution in [3.05, 3.63) is 42.2 Å². The summed E-state index contributed by atoms with van der Waals surface area (Å²) in [6.07, 6.45) is 7.91. The number of nitrogens with one attached hydrogen (secondary N) is 2. The third-order valence-electron chi connectivity index (χ3n) is 4.56. The fourth-order valence-corrected chi connectivity index (χ4v) is 3.26.